The second-order valence-electron chi connectivity index (χ2n) is 6.37. The molecule has 1 amide bonds. The van der Waals surface area contributed by atoms with Crippen LogP contribution in [0.3, 0.4) is 0 Å². The molecule has 0 bridgehead atoms. The number of H-pyrrole nitrogens is 1. The van der Waals surface area contributed by atoms with Crippen LogP contribution in [0.1, 0.15) is 23.2 Å². The van der Waals surface area contributed by atoms with Crippen molar-refractivity contribution in [1.29, 1.82) is 0 Å². The van der Waals surface area contributed by atoms with E-state index in [0.29, 0.717) is 23.8 Å². The van der Waals surface area contributed by atoms with Crippen molar-refractivity contribution >= 4 is 28.4 Å². The summed E-state index contributed by atoms with van der Waals surface area (Å²) in [5.74, 6) is -0.0121. The van der Waals surface area contributed by atoms with Gasteiger partial charge in [-0.05, 0) is 31.0 Å². The Bertz CT molecular complexity index is 930. The first-order chi connectivity index (χ1) is 11.8. The van der Waals surface area contributed by atoms with Gasteiger partial charge in [0.1, 0.15) is 0 Å². The number of aromatic nitrogens is 3. The molecule has 6 nitrogen and oxygen atoms in total. The molecule has 3 heterocycles. The Labute approximate surface area is 139 Å². The van der Waals surface area contributed by atoms with Crippen LogP contribution in [0.5, 0.6) is 0 Å². The van der Waals surface area contributed by atoms with Gasteiger partial charge in [-0.1, -0.05) is 12.1 Å². The van der Waals surface area contributed by atoms with Gasteiger partial charge in [-0.2, -0.15) is 0 Å². The van der Waals surface area contributed by atoms with Crippen LogP contribution in [0.25, 0.3) is 11.2 Å². The molecule has 3 aromatic rings. The first-order valence-electron chi connectivity index (χ1n) is 8.28. The molecule has 120 valence electrons. The number of aromatic amines is 1. The van der Waals surface area contributed by atoms with Crippen molar-refractivity contribution in [3.8, 4) is 0 Å². The number of hydrogen-bond donors (Lipinski definition) is 1. The van der Waals surface area contributed by atoms with Gasteiger partial charge in [0.05, 0.1) is 28.8 Å². The maximum atomic E-state index is 13.1. The number of nitrogens with zero attached hydrogens (tertiary/aromatic N) is 4. The molecule has 0 spiro atoms. The van der Waals surface area contributed by atoms with E-state index in [-0.39, 0.29) is 5.91 Å². The van der Waals surface area contributed by atoms with Crippen molar-refractivity contribution in [3.05, 3.63) is 48.4 Å². The average Bonchev–Trinajstić information content (AvgIpc) is 3.36. The Hall–Kier alpha value is -2.89. The number of hydrogen-bond acceptors (Lipinski definition) is 4. The quantitative estimate of drug-likeness (QED) is 0.788. The second kappa shape index (κ2) is 5.06. The lowest BCUT2D eigenvalue weighted by Gasteiger charge is -2.38. The summed E-state index contributed by atoms with van der Waals surface area (Å²) in [5.41, 5.74) is 4.15. The minimum atomic E-state index is -0.0121. The highest BCUT2D eigenvalue weighted by Gasteiger charge is 2.35. The highest BCUT2D eigenvalue weighted by molar-refractivity contribution is 6.09. The number of nitrogens with one attached hydrogen (secondary N) is 1. The van der Waals surface area contributed by atoms with Crippen LogP contribution >= 0.6 is 0 Å². The van der Waals surface area contributed by atoms with E-state index in [0.717, 1.165) is 23.4 Å². The van der Waals surface area contributed by atoms with E-state index in [1.165, 1.54) is 12.8 Å². The summed E-state index contributed by atoms with van der Waals surface area (Å²) in [6, 6.07) is 10.7. The molecule has 5 rings (SSSR count). The van der Waals surface area contributed by atoms with Crippen molar-refractivity contribution in [2.24, 2.45) is 0 Å². The van der Waals surface area contributed by atoms with Crippen molar-refractivity contribution in [2.45, 2.75) is 18.9 Å². The minimum Gasteiger partial charge on any atom is -0.365 e. The molecule has 0 saturated heterocycles. The third-order valence-electron chi connectivity index (χ3n) is 4.80. The molecule has 0 radical (unpaired) electrons. The number of para-hydroxylation sites is 2. The van der Waals surface area contributed by atoms with E-state index in [2.05, 4.69) is 25.9 Å². The summed E-state index contributed by atoms with van der Waals surface area (Å²) in [6.45, 7) is 1.58. The summed E-state index contributed by atoms with van der Waals surface area (Å²) < 4.78 is 0. The number of carbonyl (C=O) groups is 1. The zero-order valence-corrected chi connectivity index (χ0v) is 13.1. The fraction of sp³-hybridized carbons (Fsp3) is 0.278. The zero-order valence-electron chi connectivity index (χ0n) is 13.1. The predicted octanol–water partition coefficient (Wildman–Crippen LogP) is 2.59. The highest BCUT2D eigenvalue weighted by Crippen LogP contribution is 2.40. The standard InChI is InChI=1S/C18H17N5O/c24-18(12-9-14-17(19-10-12)21-11-20-14)23-8-7-22(13-5-6-13)15-3-1-2-4-16(15)23/h1-4,9-11,13H,5-8H2,(H,19,20,21). The molecule has 1 fully saturated rings. The number of anilines is 2. The van der Waals surface area contributed by atoms with Crippen molar-refractivity contribution in [2.75, 3.05) is 22.9 Å². The molecule has 1 aromatic carbocycles. The van der Waals surface area contributed by atoms with Gasteiger partial charge >= 0.3 is 0 Å². The zero-order chi connectivity index (χ0) is 16.1. The first kappa shape index (κ1) is 13.5. The normalized spacial score (nSPS) is 17.2. The van der Waals surface area contributed by atoms with E-state index in [1.54, 1.807) is 12.5 Å². The molecule has 1 aliphatic heterocycles. The Morgan fingerprint density at radius 1 is 1.12 bits per heavy atom. The Morgan fingerprint density at radius 2 is 1.96 bits per heavy atom. The van der Waals surface area contributed by atoms with Crippen molar-refractivity contribution in [1.82, 2.24) is 15.0 Å². The number of imidazole rings is 1. The van der Waals surface area contributed by atoms with Crippen molar-refractivity contribution < 1.29 is 4.79 Å². The van der Waals surface area contributed by atoms with Crippen LogP contribution in [-0.4, -0.2) is 40.0 Å². The fourth-order valence-electron chi connectivity index (χ4n) is 3.46. The Kier molecular flexibility index (Phi) is 2.85. The van der Waals surface area contributed by atoms with Crippen LogP contribution in [0.2, 0.25) is 0 Å². The maximum Gasteiger partial charge on any atom is 0.260 e. The molecular weight excluding hydrogens is 302 g/mol. The van der Waals surface area contributed by atoms with Gasteiger partial charge in [-0.15, -0.1) is 0 Å². The SMILES string of the molecule is O=C(c1cnc2nc[nH]c2c1)N1CCN(C2CC2)c2ccccc21. The molecule has 0 atom stereocenters. The van der Waals surface area contributed by atoms with Gasteiger partial charge in [-0.3, -0.25) is 4.79 Å². The predicted molar refractivity (Wildman–Crippen MR) is 92.4 cm³/mol. The van der Waals surface area contributed by atoms with Gasteiger partial charge in [0, 0.05) is 25.3 Å². The molecular formula is C18H17N5O. The topological polar surface area (TPSA) is 65.1 Å². The van der Waals surface area contributed by atoms with E-state index >= 15 is 0 Å². The third-order valence-corrected chi connectivity index (χ3v) is 4.80. The fourth-order valence-corrected chi connectivity index (χ4v) is 3.46. The highest BCUT2D eigenvalue weighted by atomic mass is 16.2. The van der Waals surface area contributed by atoms with Crippen LogP contribution in [0.4, 0.5) is 11.4 Å². The van der Waals surface area contributed by atoms with Gasteiger partial charge in [0.15, 0.2) is 5.65 Å². The molecule has 1 saturated carbocycles. The number of fused-ring (bicyclic) bond motifs is 2. The molecule has 6 heteroatoms. The minimum absolute atomic E-state index is 0.0121. The van der Waals surface area contributed by atoms with Crippen LogP contribution in [0.15, 0.2) is 42.9 Å². The molecule has 2 aliphatic rings. The summed E-state index contributed by atoms with van der Waals surface area (Å²) in [5, 5.41) is 0. The maximum absolute atomic E-state index is 13.1. The van der Waals surface area contributed by atoms with Crippen LogP contribution in [0, 0.1) is 0 Å². The van der Waals surface area contributed by atoms with Crippen LogP contribution < -0.4 is 9.80 Å². The average molecular weight is 319 g/mol. The van der Waals surface area contributed by atoms with Gasteiger partial charge < -0.3 is 14.8 Å². The summed E-state index contributed by atoms with van der Waals surface area (Å²) in [4.78, 5) is 28.7. The van der Waals surface area contributed by atoms with E-state index < -0.39 is 0 Å². The summed E-state index contributed by atoms with van der Waals surface area (Å²) >= 11 is 0. The van der Waals surface area contributed by atoms with Crippen LogP contribution in [-0.2, 0) is 0 Å². The molecule has 2 aromatic heterocycles. The van der Waals surface area contributed by atoms with Gasteiger partial charge in [-0.25, -0.2) is 9.97 Å². The number of benzene rings is 1. The largest absolute Gasteiger partial charge is 0.365 e. The van der Waals surface area contributed by atoms with E-state index in [4.69, 9.17) is 0 Å². The number of amides is 1. The lowest BCUT2D eigenvalue weighted by Crippen LogP contribution is -2.45. The van der Waals surface area contributed by atoms with E-state index in [1.807, 2.05) is 29.2 Å². The molecule has 1 N–H and O–H groups in total. The first-order valence-corrected chi connectivity index (χ1v) is 8.28. The van der Waals surface area contributed by atoms with Gasteiger partial charge in [0.25, 0.3) is 5.91 Å². The monoisotopic (exact) mass is 319 g/mol. The molecule has 0 unspecified atom stereocenters. The Balaban J connectivity index is 1.53. The van der Waals surface area contributed by atoms with Gasteiger partial charge in [0.2, 0.25) is 0 Å². The second-order valence-corrected chi connectivity index (χ2v) is 6.37. The Morgan fingerprint density at radius 3 is 2.79 bits per heavy atom. The number of pyridine rings is 1. The third kappa shape index (κ3) is 2.06. The molecule has 24 heavy (non-hydrogen) atoms. The van der Waals surface area contributed by atoms with E-state index in [9.17, 15) is 4.79 Å². The number of rotatable bonds is 2. The smallest absolute Gasteiger partial charge is 0.260 e. The lowest BCUT2D eigenvalue weighted by atomic mass is 10.1. The summed E-state index contributed by atoms with van der Waals surface area (Å²) in [7, 11) is 0. The van der Waals surface area contributed by atoms with Crippen molar-refractivity contribution in [3.63, 3.8) is 0 Å². The number of carbonyl (C=O) groups excluding carboxylic acids is 1. The lowest BCUT2D eigenvalue weighted by molar-refractivity contribution is 0.0986. The molecule has 1 aliphatic carbocycles. The summed E-state index contributed by atoms with van der Waals surface area (Å²) in [6.07, 6.45) is 5.71.